The number of hydrogen-bond acceptors (Lipinski definition) is 5. The number of methoxy groups -OCH3 is 1. The fourth-order valence-electron chi connectivity index (χ4n) is 1.68. The third-order valence-corrected chi connectivity index (χ3v) is 2.82. The Bertz CT molecular complexity index is 666. The second-order valence-corrected chi connectivity index (χ2v) is 4.53. The van der Waals surface area contributed by atoms with Gasteiger partial charge in [-0.15, -0.1) is 0 Å². The number of carbonyl (C=O) groups excluding carboxylic acids is 1. The number of rotatable bonds is 5. The molecule has 2 rings (SSSR count). The van der Waals surface area contributed by atoms with Gasteiger partial charge in [0.1, 0.15) is 17.9 Å². The lowest BCUT2D eigenvalue weighted by atomic mass is 10.3. The molecule has 7 nitrogen and oxygen atoms in total. The van der Waals surface area contributed by atoms with Gasteiger partial charge in [-0.05, 0) is 25.1 Å². The lowest BCUT2D eigenvalue weighted by Crippen LogP contribution is -2.20. The molecular formula is C14H15ClN4O3. The Kier molecular flexibility index (Phi) is 5.37. The predicted molar refractivity (Wildman–Crippen MR) is 83.8 cm³/mol. The van der Waals surface area contributed by atoms with Crippen molar-refractivity contribution in [1.82, 2.24) is 9.97 Å². The Labute approximate surface area is 132 Å². The van der Waals surface area contributed by atoms with E-state index in [-0.39, 0.29) is 0 Å². The minimum Gasteiger partial charge on any atom is -0.495 e. The minimum absolute atomic E-state index is 0.317. The van der Waals surface area contributed by atoms with Crippen molar-refractivity contribution >= 4 is 29.1 Å². The number of ether oxygens (including phenoxy) is 2. The summed E-state index contributed by atoms with van der Waals surface area (Å²) in [6.07, 6.45) is 1.31. The molecule has 0 radical (unpaired) electrons. The summed E-state index contributed by atoms with van der Waals surface area (Å²) < 4.78 is 10.4. The maximum Gasteiger partial charge on any atom is 0.324 e. The number of hydrogen-bond donors (Lipinski definition) is 2. The van der Waals surface area contributed by atoms with Crippen LogP contribution in [-0.4, -0.2) is 29.7 Å². The molecule has 0 atom stereocenters. The van der Waals surface area contributed by atoms with E-state index in [0.29, 0.717) is 34.8 Å². The fraction of sp³-hybridized carbons (Fsp3) is 0.214. The molecule has 2 amide bonds. The van der Waals surface area contributed by atoms with Crippen LogP contribution in [0.5, 0.6) is 11.6 Å². The zero-order valence-electron chi connectivity index (χ0n) is 12.1. The van der Waals surface area contributed by atoms with Crippen LogP contribution in [0.3, 0.4) is 0 Å². The Morgan fingerprint density at radius 2 is 2.09 bits per heavy atom. The second kappa shape index (κ2) is 7.46. The normalized spacial score (nSPS) is 9.95. The third-order valence-electron chi connectivity index (χ3n) is 2.59. The van der Waals surface area contributed by atoms with Crippen LogP contribution in [0.4, 0.5) is 16.3 Å². The van der Waals surface area contributed by atoms with Crippen LogP contribution < -0.4 is 20.1 Å². The summed E-state index contributed by atoms with van der Waals surface area (Å²) in [7, 11) is 1.51. The molecule has 0 aliphatic heterocycles. The summed E-state index contributed by atoms with van der Waals surface area (Å²) in [5, 5.41) is 5.70. The van der Waals surface area contributed by atoms with Crippen LogP contribution in [0.2, 0.25) is 5.02 Å². The Balaban J connectivity index is 2.07. The lowest BCUT2D eigenvalue weighted by Gasteiger charge is -2.11. The number of carbonyl (C=O) groups is 1. The lowest BCUT2D eigenvalue weighted by molar-refractivity contribution is 0.262. The molecule has 0 aliphatic rings. The zero-order chi connectivity index (χ0) is 15.9. The standard InChI is InChI=1S/C14H15ClN4O3/c1-3-22-13-7-12(16-8-17-13)19-14(20)18-10-6-9(15)4-5-11(10)21-2/h4-8H,3H2,1-2H3,(H2,16,17,18,19,20). The molecule has 1 aromatic heterocycles. The number of amides is 2. The number of urea groups is 1. The first-order valence-electron chi connectivity index (χ1n) is 6.48. The summed E-state index contributed by atoms with van der Waals surface area (Å²) >= 11 is 5.91. The van der Waals surface area contributed by atoms with Crippen molar-refractivity contribution in [3.8, 4) is 11.6 Å². The summed E-state index contributed by atoms with van der Waals surface area (Å²) in [6, 6.07) is 5.96. The van der Waals surface area contributed by atoms with Gasteiger partial charge in [0.15, 0.2) is 0 Å². The second-order valence-electron chi connectivity index (χ2n) is 4.10. The quantitative estimate of drug-likeness (QED) is 0.883. The monoisotopic (exact) mass is 322 g/mol. The molecule has 0 aliphatic carbocycles. The minimum atomic E-state index is -0.485. The molecule has 1 aromatic carbocycles. The van der Waals surface area contributed by atoms with Crippen molar-refractivity contribution in [2.24, 2.45) is 0 Å². The van der Waals surface area contributed by atoms with E-state index in [0.717, 1.165) is 0 Å². The molecule has 1 heterocycles. The van der Waals surface area contributed by atoms with E-state index in [2.05, 4.69) is 20.6 Å². The third kappa shape index (κ3) is 4.23. The SMILES string of the molecule is CCOc1cc(NC(=O)Nc2cc(Cl)ccc2OC)ncn1. The van der Waals surface area contributed by atoms with Crippen molar-refractivity contribution in [2.75, 3.05) is 24.4 Å². The number of anilines is 2. The smallest absolute Gasteiger partial charge is 0.324 e. The molecule has 22 heavy (non-hydrogen) atoms. The summed E-state index contributed by atoms with van der Waals surface area (Å²) in [5.74, 6) is 1.20. The first-order valence-corrected chi connectivity index (χ1v) is 6.86. The van der Waals surface area contributed by atoms with Gasteiger partial charge in [0, 0.05) is 11.1 Å². The van der Waals surface area contributed by atoms with Crippen molar-refractivity contribution in [3.05, 3.63) is 35.6 Å². The number of aromatic nitrogens is 2. The molecule has 0 saturated carbocycles. The zero-order valence-corrected chi connectivity index (χ0v) is 12.8. The molecule has 0 fully saturated rings. The van der Waals surface area contributed by atoms with Gasteiger partial charge in [-0.2, -0.15) is 0 Å². The van der Waals surface area contributed by atoms with E-state index in [1.807, 2.05) is 6.92 Å². The van der Waals surface area contributed by atoms with Crippen LogP contribution >= 0.6 is 11.6 Å². The first-order chi connectivity index (χ1) is 10.6. The molecule has 2 aromatic rings. The van der Waals surface area contributed by atoms with E-state index in [1.54, 1.807) is 18.2 Å². The molecule has 2 N–H and O–H groups in total. The van der Waals surface area contributed by atoms with Crippen molar-refractivity contribution in [1.29, 1.82) is 0 Å². The first kappa shape index (κ1) is 15.8. The van der Waals surface area contributed by atoms with Crippen LogP contribution in [0.25, 0.3) is 0 Å². The van der Waals surface area contributed by atoms with Crippen LogP contribution in [0.1, 0.15) is 6.92 Å². The van der Waals surface area contributed by atoms with E-state index >= 15 is 0 Å². The Morgan fingerprint density at radius 3 is 2.82 bits per heavy atom. The largest absolute Gasteiger partial charge is 0.495 e. The molecule has 0 spiro atoms. The highest BCUT2D eigenvalue weighted by Crippen LogP contribution is 2.27. The fourth-order valence-corrected chi connectivity index (χ4v) is 1.85. The molecular weight excluding hydrogens is 308 g/mol. The molecule has 0 bridgehead atoms. The van der Waals surface area contributed by atoms with Gasteiger partial charge in [-0.3, -0.25) is 5.32 Å². The predicted octanol–water partition coefficient (Wildman–Crippen LogP) is 3.18. The van der Waals surface area contributed by atoms with E-state index < -0.39 is 6.03 Å². The van der Waals surface area contributed by atoms with Gasteiger partial charge >= 0.3 is 6.03 Å². The maximum atomic E-state index is 12.0. The summed E-state index contributed by atoms with van der Waals surface area (Å²) in [5.41, 5.74) is 0.451. The molecule has 0 unspecified atom stereocenters. The Morgan fingerprint density at radius 1 is 1.27 bits per heavy atom. The van der Waals surface area contributed by atoms with Crippen LogP contribution in [0.15, 0.2) is 30.6 Å². The van der Waals surface area contributed by atoms with E-state index in [1.165, 1.54) is 19.5 Å². The molecule has 0 saturated heterocycles. The average molecular weight is 323 g/mol. The van der Waals surface area contributed by atoms with Gasteiger partial charge in [0.05, 0.1) is 19.4 Å². The summed E-state index contributed by atoms with van der Waals surface area (Å²) in [6.45, 7) is 2.32. The number of halogens is 1. The molecule has 8 heteroatoms. The number of nitrogens with zero attached hydrogens (tertiary/aromatic N) is 2. The highest BCUT2D eigenvalue weighted by molar-refractivity contribution is 6.31. The maximum absolute atomic E-state index is 12.0. The van der Waals surface area contributed by atoms with Crippen LogP contribution in [0, 0.1) is 0 Å². The molecule has 116 valence electrons. The van der Waals surface area contributed by atoms with Gasteiger partial charge in [0.25, 0.3) is 0 Å². The Hall–Kier alpha value is -2.54. The van der Waals surface area contributed by atoms with E-state index in [4.69, 9.17) is 21.1 Å². The van der Waals surface area contributed by atoms with Crippen molar-refractivity contribution < 1.29 is 14.3 Å². The average Bonchev–Trinajstić information content (AvgIpc) is 2.48. The van der Waals surface area contributed by atoms with Gasteiger partial charge < -0.3 is 14.8 Å². The summed E-state index contributed by atoms with van der Waals surface area (Å²) in [4.78, 5) is 19.9. The number of benzene rings is 1. The van der Waals surface area contributed by atoms with Crippen molar-refractivity contribution in [2.45, 2.75) is 6.92 Å². The van der Waals surface area contributed by atoms with Crippen LogP contribution in [-0.2, 0) is 0 Å². The highest BCUT2D eigenvalue weighted by Gasteiger charge is 2.09. The van der Waals surface area contributed by atoms with Crippen molar-refractivity contribution in [3.63, 3.8) is 0 Å². The topological polar surface area (TPSA) is 85.4 Å². The van der Waals surface area contributed by atoms with E-state index in [9.17, 15) is 4.79 Å². The van der Waals surface area contributed by atoms with Gasteiger partial charge in [-0.1, -0.05) is 11.6 Å². The van der Waals surface area contributed by atoms with Gasteiger partial charge in [0.2, 0.25) is 5.88 Å². The van der Waals surface area contributed by atoms with Gasteiger partial charge in [-0.25, -0.2) is 14.8 Å². The number of nitrogens with one attached hydrogen (secondary N) is 2. The highest BCUT2D eigenvalue weighted by atomic mass is 35.5.